The zero-order chi connectivity index (χ0) is 24.9. The van der Waals surface area contributed by atoms with Crippen LogP contribution in [0.1, 0.15) is 22.0 Å². The number of sulfone groups is 1. The van der Waals surface area contributed by atoms with Crippen LogP contribution >= 0.6 is 11.3 Å². The number of thiazole rings is 1. The maximum atomic E-state index is 13.7. The fourth-order valence-electron chi connectivity index (χ4n) is 3.97. The standard InChI is InChI=1S/C25H17FN2O5S2/c1-35(32,33)17-11-12-18-19(13-17)34-25(27-18)28-21(14-7-9-16(26)10-8-14)20(23(30)24(28)31)22(29)15-5-3-2-4-6-15/h2-13,21,30H,1H3. The molecule has 1 aliphatic heterocycles. The van der Waals surface area contributed by atoms with Gasteiger partial charge in [0.25, 0.3) is 5.91 Å². The van der Waals surface area contributed by atoms with E-state index in [4.69, 9.17) is 0 Å². The van der Waals surface area contributed by atoms with E-state index in [-0.39, 0.29) is 21.2 Å². The van der Waals surface area contributed by atoms with Crippen molar-refractivity contribution >= 4 is 48.2 Å². The summed E-state index contributed by atoms with van der Waals surface area (Å²) >= 11 is 1.05. The summed E-state index contributed by atoms with van der Waals surface area (Å²) in [6.07, 6.45) is 1.09. The number of rotatable bonds is 5. The molecule has 10 heteroatoms. The molecular formula is C25H17FN2O5S2. The molecule has 0 aliphatic carbocycles. The number of carbonyl (C=O) groups is 2. The van der Waals surface area contributed by atoms with Crippen molar-refractivity contribution in [2.75, 3.05) is 11.2 Å². The largest absolute Gasteiger partial charge is 0.503 e. The van der Waals surface area contributed by atoms with Gasteiger partial charge in [-0.15, -0.1) is 0 Å². The molecule has 2 heterocycles. The normalized spacial score (nSPS) is 16.3. The van der Waals surface area contributed by atoms with Gasteiger partial charge in [0.1, 0.15) is 5.82 Å². The monoisotopic (exact) mass is 508 g/mol. The predicted octanol–water partition coefficient (Wildman–Crippen LogP) is 4.62. The molecule has 1 aromatic heterocycles. The lowest BCUT2D eigenvalue weighted by Crippen LogP contribution is -2.31. The summed E-state index contributed by atoms with van der Waals surface area (Å²) in [6.45, 7) is 0. The summed E-state index contributed by atoms with van der Waals surface area (Å²) in [5, 5.41) is 11.0. The molecule has 0 saturated heterocycles. The van der Waals surface area contributed by atoms with Crippen LogP contribution in [0.5, 0.6) is 0 Å². The van der Waals surface area contributed by atoms with Gasteiger partial charge in [0.2, 0.25) is 0 Å². The molecule has 1 aliphatic rings. The van der Waals surface area contributed by atoms with Gasteiger partial charge in [0.05, 0.1) is 26.7 Å². The third-order valence-electron chi connectivity index (χ3n) is 5.66. The Balaban J connectivity index is 1.67. The smallest absolute Gasteiger partial charge is 0.296 e. The number of aliphatic hydroxyl groups excluding tert-OH is 1. The second kappa shape index (κ2) is 8.40. The van der Waals surface area contributed by atoms with Gasteiger partial charge in [0, 0.05) is 11.8 Å². The molecule has 1 unspecified atom stereocenters. The van der Waals surface area contributed by atoms with E-state index < -0.39 is 39.1 Å². The molecule has 5 rings (SSSR count). The number of benzene rings is 3. The van der Waals surface area contributed by atoms with E-state index in [0.29, 0.717) is 15.8 Å². The zero-order valence-electron chi connectivity index (χ0n) is 18.2. The molecule has 1 atom stereocenters. The SMILES string of the molecule is CS(=O)(=O)c1ccc2nc(N3C(=O)C(O)=C(C(=O)c4ccccc4)C3c3ccc(F)cc3)sc2c1. The highest BCUT2D eigenvalue weighted by Gasteiger charge is 2.45. The van der Waals surface area contributed by atoms with Crippen LogP contribution in [0.4, 0.5) is 9.52 Å². The number of amides is 1. The quantitative estimate of drug-likeness (QED) is 0.395. The molecule has 0 bridgehead atoms. The average molecular weight is 509 g/mol. The van der Waals surface area contributed by atoms with Crippen LogP contribution in [0.25, 0.3) is 10.2 Å². The molecule has 0 spiro atoms. The Morgan fingerprint density at radius 2 is 1.74 bits per heavy atom. The van der Waals surface area contributed by atoms with Crippen molar-refractivity contribution in [2.45, 2.75) is 10.9 Å². The first kappa shape index (κ1) is 22.9. The Kier molecular flexibility index (Phi) is 5.49. The van der Waals surface area contributed by atoms with Crippen molar-refractivity contribution in [2.24, 2.45) is 0 Å². The van der Waals surface area contributed by atoms with Crippen molar-refractivity contribution < 1.29 is 27.5 Å². The summed E-state index contributed by atoms with van der Waals surface area (Å²) in [7, 11) is -3.46. The lowest BCUT2D eigenvalue weighted by Gasteiger charge is -2.24. The predicted molar refractivity (Wildman–Crippen MR) is 130 cm³/mol. The van der Waals surface area contributed by atoms with Gasteiger partial charge in [-0.2, -0.15) is 0 Å². The van der Waals surface area contributed by atoms with Crippen LogP contribution in [0.2, 0.25) is 0 Å². The number of ketones is 1. The fraction of sp³-hybridized carbons (Fsp3) is 0.0800. The molecular weight excluding hydrogens is 491 g/mol. The zero-order valence-corrected chi connectivity index (χ0v) is 19.8. The highest BCUT2D eigenvalue weighted by molar-refractivity contribution is 7.90. The molecule has 0 fully saturated rings. The maximum Gasteiger partial charge on any atom is 0.296 e. The van der Waals surface area contributed by atoms with Gasteiger partial charge in [-0.25, -0.2) is 17.8 Å². The lowest BCUT2D eigenvalue weighted by molar-refractivity contribution is -0.117. The first-order chi connectivity index (χ1) is 16.6. The fourth-order valence-corrected chi connectivity index (χ4v) is 5.72. The number of halogens is 1. The first-order valence-electron chi connectivity index (χ1n) is 10.4. The molecule has 4 aromatic rings. The summed E-state index contributed by atoms with van der Waals surface area (Å²) in [5.74, 6) is -2.60. The third kappa shape index (κ3) is 4.00. The van der Waals surface area contributed by atoms with Crippen molar-refractivity contribution in [3.05, 3.63) is 101 Å². The van der Waals surface area contributed by atoms with Gasteiger partial charge < -0.3 is 5.11 Å². The number of anilines is 1. The van der Waals surface area contributed by atoms with E-state index in [9.17, 15) is 27.5 Å². The van der Waals surface area contributed by atoms with Crippen LogP contribution in [0.3, 0.4) is 0 Å². The van der Waals surface area contributed by atoms with Gasteiger partial charge in [-0.3, -0.25) is 14.5 Å². The summed E-state index contributed by atoms with van der Waals surface area (Å²) < 4.78 is 38.1. The molecule has 0 radical (unpaired) electrons. The topological polar surface area (TPSA) is 105 Å². The molecule has 7 nitrogen and oxygen atoms in total. The van der Waals surface area contributed by atoms with E-state index in [1.165, 1.54) is 47.4 Å². The number of hydrogen-bond donors (Lipinski definition) is 1. The van der Waals surface area contributed by atoms with Gasteiger partial charge in [-0.05, 0) is 35.9 Å². The number of Topliss-reactive ketones (excluding diaryl/α,β-unsaturated/α-hetero) is 1. The Bertz CT molecular complexity index is 1630. The van der Waals surface area contributed by atoms with Crippen LogP contribution in [0, 0.1) is 5.82 Å². The highest BCUT2D eigenvalue weighted by atomic mass is 32.2. The minimum Gasteiger partial charge on any atom is -0.503 e. The molecule has 1 amide bonds. The second-order valence-electron chi connectivity index (χ2n) is 7.98. The Hall–Kier alpha value is -3.89. The van der Waals surface area contributed by atoms with Crippen LogP contribution < -0.4 is 4.90 Å². The number of aliphatic hydroxyl groups is 1. The maximum absolute atomic E-state index is 13.7. The minimum atomic E-state index is -3.46. The highest BCUT2D eigenvalue weighted by Crippen LogP contribution is 2.44. The van der Waals surface area contributed by atoms with Crippen molar-refractivity contribution in [3.63, 3.8) is 0 Å². The summed E-state index contributed by atoms with van der Waals surface area (Å²) in [5.41, 5.74) is 0.978. The van der Waals surface area contributed by atoms with Crippen molar-refractivity contribution in [3.8, 4) is 0 Å². The number of hydrogen-bond acceptors (Lipinski definition) is 7. The van der Waals surface area contributed by atoms with E-state index >= 15 is 0 Å². The first-order valence-corrected chi connectivity index (χ1v) is 13.1. The molecule has 3 aromatic carbocycles. The second-order valence-corrected chi connectivity index (χ2v) is 11.0. The van der Waals surface area contributed by atoms with Crippen molar-refractivity contribution in [1.82, 2.24) is 4.98 Å². The summed E-state index contributed by atoms with van der Waals surface area (Å²) in [6, 6.07) is 16.8. The Morgan fingerprint density at radius 3 is 2.40 bits per heavy atom. The molecule has 0 saturated carbocycles. The number of nitrogens with zero attached hydrogens (tertiary/aromatic N) is 2. The Labute approximate surface area is 203 Å². The van der Waals surface area contributed by atoms with E-state index in [1.807, 2.05) is 0 Å². The average Bonchev–Trinajstić information content (AvgIpc) is 3.37. The lowest BCUT2D eigenvalue weighted by atomic mass is 9.93. The van der Waals surface area contributed by atoms with E-state index in [1.54, 1.807) is 30.3 Å². The van der Waals surface area contributed by atoms with Crippen molar-refractivity contribution in [1.29, 1.82) is 0 Å². The molecule has 35 heavy (non-hydrogen) atoms. The van der Waals surface area contributed by atoms with Gasteiger partial charge in [0.15, 0.2) is 26.5 Å². The number of carbonyl (C=O) groups excluding carboxylic acids is 2. The van der Waals surface area contributed by atoms with Gasteiger partial charge >= 0.3 is 0 Å². The summed E-state index contributed by atoms with van der Waals surface area (Å²) in [4.78, 5) is 32.4. The molecule has 176 valence electrons. The van der Waals surface area contributed by atoms with Crippen LogP contribution in [0.15, 0.2) is 89.0 Å². The minimum absolute atomic E-state index is 0.101. The van der Waals surface area contributed by atoms with E-state index in [0.717, 1.165) is 17.6 Å². The van der Waals surface area contributed by atoms with Crippen LogP contribution in [-0.4, -0.2) is 36.5 Å². The van der Waals surface area contributed by atoms with Crippen LogP contribution in [-0.2, 0) is 14.6 Å². The Morgan fingerprint density at radius 1 is 1.06 bits per heavy atom. The number of fused-ring (bicyclic) bond motifs is 1. The van der Waals surface area contributed by atoms with E-state index in [2.05, 4.69) is 4.98 Å². The molecule has 1 N–H and O–H groups in total. The third-order valence-corrected chi connectivity index (χ3v) is 7.79. The van der Waals surface area contributed by atoms with Gasteiger partial charge in [-0.1, -0.05) is 53.8 Å². The number of aromatic nitrogens is 1.